The van der Waals surface area contributed by atoms with Crippen molar-refractivity contribution < 1.29 is 29.0 Å². The molecule has 3 N–H and O–H groups in total. The number of urea groups is 1. The molecule has 0 spiro atoms. The van der Waals surface area contributed by atoms with Crippen molar-refractivity contribution in [2.24, 2.45) is 5.92 Å². The van der Waals surface area contributed by atoms with Crippen molar-refractivity contribution >= 4 is 17.9 Å². The van der Waals surface area contributed by atoms with Crippen LogP contribution in [0.2, 0.25) is 0 Å². The first-order chi connectivity index (χ1) is 9.58. The van der Waals surface area contributed by atoms with Gasteiger partial charge in [-0.1, -0.05) is 0 Å². The number of imide groups is 1. The molecule has 0 heterocycles. The summed E-state index contributed by atoms with van der Waals surface area (Å²) in [4.78, 5) is 32.5. The van der Waals surface area contributed by atoms with E-state index < -0.39 is 31.1 Å². The lowest BCUT2D eigenvalue weighted by Crippen LogP contribution is -2.41. The van der Waals surface area contributed by atoms with Gasteiger partial charge in [-0.25, -0.2) is 9.59 Å². The summed E-state index contributed by atoms with van der Waals surface area (Å²) in [6.07, 6.45) is 3.16. The van der Waals surface area contributed by atoms with E-state index in [1.54, 1.807) is 0 Å². The quantitative estimate of drug-likeness (QED) is 0.477. The minimum Gasteiger partial charge on any atom is -0.480 e. The summed E-state index contributed by atoms with van der Waals surface area (Å²) in [6, 6.07) is -0.629. The number of carboxylic acid groups (broad SMARTS) is 1. The van der Waals surface area contributed by atoms with E-state index >= 15 is 0 Å². The first-order valence-electron chi connectivity index (χ1n) is 6.53. The summed E-state index contributed by atoms with van der Waals surface area (Å²) in [5.74, 6) is -1.14. The molecule has 0 aliphatic heterocycles. The molecule has 1 rings (SSSR count). The van der Waals surface area contributed by atoms with Gasteiger partial charge in [0.1, 0.15) is 13.2 Å². The number of carbonyl (C=O) groups is 3. The van der Waals surface area contributed by atoms with Gasteiger partial charge in [-0.2, -0.15) is 0 Å². The Morgan fingerprint density at radius 2 is 1.90 bits per heavy atom. The number of hydrogen-bond donors (Lipinski definition) is 3. The maximum atomic E-state index is 11.2. The molecule has 1 fully saturated rings. The van der Waals surface area contributed by atoms with Crippen LogP contribution in [0.1, 0.15) is 19.3 Å². The van der Waals surface area contributed by atoms with Crippen LogP contribution >= 0.6 is 0 Å². The molecule has 8 heteroatoms. The van der Waals surface area contributed by atoms with Crippen LogP contribution in [-0.2, 0) is 19.1 Å². The summed E-state index contributed by atoms with van der Waals surface area (Å²) < 4.78 is 9.91. The van der Waals surface area contributed by atoms with Gasteiger partial charge in [0.25, 0.3) is 5.91 Å². The molecule has 0 atom stereocenters. The molecule has 0 bridgehead atoms. The Hall–Kier alpha value is -1.67. The first kappa shape index (κ1) is 16.4. The Morgan fingerprint density at radius 1 is 1.15 bits per heavy atom. The van der Waals surface area contributed by atoms with Crippen LogP contribution in [0, 0.1) is 5.92 Å². The minimum atomic E-state index is -1.17. The molecule has 1 aliphatic carbocycles. The second kappa shape index (κ2) is 9.27. The number of aliphatic carboxylic acids is 1. The van der Waals surface area contributed by atoms with Crippen LogP contribution in [0.4, 0.5) is 4.79 Å². The Labute approximate surface area is 116 Å². The molecule has 0 saturated heterocycles. The SMILES string of the molecule is O=C(O)COCC(=O)NC(=O)NCCCOCC1CC1. The fourth-order valence-electron chi connectivity index (χ4n) is 1.35. The van der Waals surface area contributed by atoms with E-state index in [1.165, 1.54) is 12.8 Å². The Bertz CT molecular complexity index is 343. The van der Waals surface area contributed by atoms with Crippen LogP contribution in [0.25, 0.3) is 0 Å². The zero-order valence-electron chi connectivity index (χ0n) is 11.2. The zero-order valence-corrected chi connectivity index (χ0v) is 11.2. The van der Waals surface area contributed by atoms with Crippen molar-refractivity contribution in [2.45, 2.75) is 19.3 Å². The molecule has 0 radical (unpaired) electrons. The number of carbonyl (C=O) groups excluding carboxylic acids is 2. The lowest BCUT2D eigenvalue weighted by molar-refractivity contribution is -0.143. The molecular weight excluding hydrogens is 268 g/mol. The van der Waals surface area contributed by atoms with Gasteiger partial charge < -0.3 is 19.9 Å². The highest BCUT2D eigenvalue weighted by atomic mass is 16.5. The third-order valence-electron chi connectivity index (χ3n) is 2.51. The van der Waals surface area contributed by atoms with Gasteiger partial charge >= 0.3 is 12.0 Å². The smallest absolute Gasteiger partial charge is 0.329 e. The second-order valence-electron chi connectivity index (χ2n) is 4.56. The molecule has 0 aromatic rings. The molecule has 0 aromatic heterocycles. The molecule has 3 amide bonds. The highest BCUT2D eigenvalue weighted by Crippen LogP contribution is 2.28. The molecule has 1 aliphatic rings. The average molecular weight is 288 g/mol. The van der Waals surface area contributed by atoms with E-state index in [0.29, 0.717) is 19.6 Å². The van der Waals surface area contributed by atoms with Crippen molar-refractivity contribution in [3.8, 4) is 0 Å². The molecule has 1 saturated carbocycles. The summed E-state index contributed by atoms with van der Waals surface area (Å²) in [5, 5.41) is 12.8. The predicted molar refractivity (Wildman–Crippen MR) is 68.2 cm³/mol. The number of ether oxygens (including phenoxy) is 2. The van der Waals surface area contributed by atoms with Crippen molar-refractivity contribution in [3.05, 3.63) is 0 Å². The third kappa shape index (κ3) is 9.29. The molecule has 0 aromatic carbocycles. The van der Waals surface area contributed by atoms with Crippen molar-refractivity contribution in [2.75, 3.05) is 33.0 Å². The van der Waals surface area contributed by atoms with E-state index in [-0.39, 0.29) is 0 Å². The topological polar surface area (TPSA) is 114 Å². The number of rotatable bonds is 10. The molecule has 8 nitrogen and oxygen atoms in total. The van der Waals surface area contributed by atoms with Gasteiger partial charge in [0.15, 0.2) is 0 Å². The van der Waals surface area contributed by atoms with E-state index in [9.17, 15) is 14.4 Å². The van der Waals surface area contributed by atoms with Gasteiger partial charge in [0.2, 0.25) is 0 Å². The Kier molecular flexibility index (Phi) is 7.59. The number of hydrogen-bond acceptors (Lipinski definition) is 5. The average Bonchev–Trinajstić information content (AvgIpc) is 3.17. The molecule has 20 heavy (non-hydrogen) atoms. The number of carboxylic acids is 1. The largest absolute Gasteiger partial charge is 0.480 e. The molecule has 114 valence electrons. The lowest BCUT2D eigenvalue weighted by atomic mass is 10.4. The highest BCUT2D eigenvalue weighted by molar-refractivity contribution is 5.94. The summed E-state index contributed by atoms with van der Waals surface area (Å²) in [7, 11) is 0. The van der Waals surface area contributed by atoms with Gasteiger partial charge in [0, 0.05) is 19.8 Å². The lowest BCUT2D eigenvalue weighted by Gasteiger charge is -2.07. The third-order valence-corrected chi connectivity index (χ3v) is 2.51. The van der Waals surface area contributed by atoms with Crippen molar-refractivity contribution in [3.63, 3.8) is 0 Å². The van der Waals surface area contributed by atoms with Crippen LogP contribution < -0.4 is 10.6 Å². The van der Waals surface area contributed by atoms with Gasteiger partial charge in [-0.3, -0.25) is 10.1 Å². The van der Waals surface area contributed by atoms with Gasteiger partial charge in [0.05, 0.1) is 0 Å². The second-order valence-corrected chi connectivity index (χ2v) is 4.56. The Morgan fingerprint density at radius 3 is 2.55 bits per heavy atom. The van der Waals surface area contributed by atoms with E-state index in [1.807, 2.05) is 5.32 Å². The first-order valence-corrected chi connectivity index (χ1v) is 6.53. The van der Waals surface area contributed by atoms with Crippen LogP contribution in [0.5, 0.6) is 0 Å². The normalized spacial score (nSPS) is 13.8. The summed E-state index contributed by atoms with van der Waals surface area (Å²) in [6.45, 7) is 0.718. The standard InChI is InChI=1S/C12H20N2O6/c15-10(7-20-8-11(16)17)14-12(18)13-4-1-5-19-6-9-2-3-9/h9H,1-8H2,(H,16,17)(H2,13,14,15,18). The molecular formula is C12H20N2O6. The van der Waals surface area contributed by atoms with Crippen molar-refractivity contribution in [1.29, 1.82) is 0 Å². The van der Waals surface area contributed by atoms with E-state index in [0.717, 1.165) is 12.5 Å². The minimum absolute atomic E-state index is 0.403. The number of nitrogens with one attached hydrogen (secondary N) is 2. The van der Waals surface area contributed by atoms with Crippen LogP contribution in [-0.4, -0.2) is 56.0 Å². The van der Waals surface area contributed by atoms with Gasteiger partial charge in [-0.15, -0.1) is 0 Å². The summed E-state index contributed by atoms with van der Waals surface area (Å²) in [5.41, 5.74) is 0. The fourth-order valence-corrected chi connectivity index (χ4v) is 1.35. The van der Waals surface area contributed by atoms with E-state index in [2.05, 4.69) is 10.1 Å². The van der Waals surface area contributed by atoms with Crippen LogP contribution in [0.15, 0.2) is 0 Å². The predicted octanol–water partition coefficient (Wildman–Crippen LogP) is -0.270. The number of amides is 3. The van der Waals surface area contributed by atoms with Gasteiger partial charge in [-0.05, 0) is 25.2 Å². The summed E-state index contributed by atoms with van der Waals surface area (Å²) >= 11 is 0. The Balaban J connectivity index is 1.90. The molecule has 0 unspecified atom stereocenters. The zero-order chi connectivity index (χ0) is 14.8. The van der Waals surface area contributed by atoms with Crippen LogP contribution in [0.3, 0.4) is 0 Å². The van der Waals surface area contributed by atoms with E-state index in [4.69, 9.17) is 9.84 Å². The van der Waals surface area contributed by atoms with Crippen molar-refractivity contribution in [1.82, 2.24) is 10.6 Å². The highest BCUT2D eigenvalue weighted by Gasteiger charge is 2.20. The monoisotopic (exact) mass is 288 g/mol. The fraction of sp³-hybridized carbons (Fsp3) is 0.750. The maximum Gasteiger partial charge on any atom is 0.329 e. The maximum absolute atomic E-state index is 11.2.